The van der Waals surface area contributed by atoms with Crippen molar-refractivity contribution in [1.82, 2.24) is 45.4 Å². The van der Waals surface area contributed by atoms with Gasteiger partial charge in [-0.15, -0.1) is 0 Å². The molecule has 5 aromatic rings. The number of H-pyrrole nitrogens is 2. The van der Waals surface area contributed by atoms with E-state index in [1.807, 2.05) is 58.0 Å². The Morgan fingerprint density at radius 2 is 1.22 bits per heavy atom. The molecule has 2 aromatic carbocycles. The van der Waals surface area contributed by atoms with E-state index in [9.17, 15) is 19.2 Å². The summed E-state index contributed by atoms with van der Waals surface area (Å²) < 4.78 is 25.3. The number of carbonyl (C=O) groups excluding carboxylic acids is 4. The number of benzene rings is 2. The van der Waals surface area contributed by atoms with Crippen LogP contribution < -0.4 is 10.6 Å². The molecule has 5 heterocycles. The Hall–Kier alpha value is -6.32. The zero-order valence-corrected chi connectivity index (χ0v) is 34.0. The van der Waals surface area contributed by atoms with Crippen LogP contribution in [0.4, 0.5) is 14.0 Å². The summed E-state index contributed by atoms with van der Waals surface area (Å²) in [5.74, 6) is 0.183. The molecule has 59 heavy (non-hydrogen) atoms. The van der Waals surface area contributed by atoms with E-state index < -0.39 is 30.1 Å². The van der Waals surface area contributed by atoms with Crippen LogP contribution >= 0.6 is 0 Å². The van der Waals surface area contributed by atoms with Crippen LogP contribution in [0.2, 0.25) is 0 Å². The molecule has 2 aliphatic rings. The number of hydrogen-bond donors (Lipinski definition) is 4. The summed E-state index contributed by atoms with van der Waals surface area (Å²) in [4.78, 5) is 75.2. The van der Waals surface area contributed by atoms with Gasteiger partial charge >= 0.3 is 12.2 Å². The minimum atomic E-state index is -0.743. The van der Waals surface area contributed by atoms with Crippen LogP contribution in [0, 0.1) is 17.7 Å². The van der Waals surface area contributed by atoms with Gasteiger partial charge in [0.2, 0.25) is 11.8 Å². The number of methoxy groups -OCH3 is 2. The number of nitrogens with zero attached hydrogens (tertiary/aromatic N) is 5. The molecule has 2 aliphatic heterocycles. The smallest absolute Gasteiger partial charge is 0.407 e. The van der Waals surface area contributed by atoms with Crippen LogP contribution in [-0.2, 0) is 19.1 Å². The Bertz CT molecular complexity index is 2360. The average Bonchev–Trinajstić information content (AvgIpc) is 4.07. The first-order valence-electron chi connectivity index (χ1n) is 20.0. The summed E-state index contributed by atoms with van der Waals surface area (Å²) in [5, 5.41) is 6.19. The topological polar surface area (TPSA) is 188 Å². The summed E-state index contributed by atoms with van der Waals surface area (Å²) in [6.07, 6.45) is 6.84. The number of hydrogen-bond acceptors (Lipinski definition) is 9. The lowest BCUT2D eigenvalue weighted by Gasteiger charge is -2.30. The minimum Gasteiger partial charge on any atom is -0.453 e. The van der Waals surface area contributed by atoms with Gasteiger partial charge in [-0.1, -0.05) is 52.0 Å². The second-order valence-electron chi connectivity index (χ2n) is 15.8. The number of aromatic nitrogens is 5. The molecule has 0 unspecified atom stereocenters. The van der Waals surface area contributed by atoms with Crippen LogP contribution in [0.15, 0.2) is 61.1 Å². The third kappa shape index (κ3) is 8.47. The molecule has 0 spiro atoms. The van der Waals surface area contributed by atoms with Crippen LogP contribution in [0.3, 0.4) is 0 Å². The number of rotatable bonds is 11. The van der Waals surface area contributed by atoms with Gasteiger partial charge in [-0.3, -0.25) is 14.6 Å². The lowest BCUT2D eigenvalue weighted by atomic mass is 10.00. The molecule has 4 atom stereocenters. The number of aromatic amines is 2. The first-order chi connectivity index (χ1) is 28.4. The highest BCUT2D eigenvalue weighted by molar-refractivity contribution is 5.89. The summed E-state index contributed by atoms with van der Waals surface area (Å²) >= 11 is 0. The van der Waals surface area contributed by atoms with E-state index in [2.05, 4.69) is 30.6 Å². The zero-order valence-electron chi connectivity index (χ0n) is 34.0. The number of halogens is 1. The van der Waals surface area contributed by atoms with Crippen molar-refractivity contribution in [3.05, 3.63) is 78.5 Å². The monoisotopic (exact) mass is 807 g/mol. The maximum absolute atomic E-state index is 15.8. The predicted molar refractivity (Wildman–Crippen MR) is 218 cm³/mol. The van der Waals surface area contributed by atoms with Crippen molar-refractivity contribution in [3.63, 3.8) is 0 Å². The number of fused-ring (bicyclic) bond motifs is 1. The van der Waals surface area contributed by atoms with E-state index in [-0.39, 0.29) is 35.7 Å². The Balaban J connectivity index is 1.05. The highest BCUT2D eigenvalue weighted by Crippen LogP contribution is 2.36. The lowest BCUT2D eigenvalue weighted by Crippen LogP contribution is -2.51. The molecule has 2 fully saturated rings. The summed E-state index contributed by atoms with van der Waals surface area (Å²) in [6, 6.07) is 10.6. The van der Waals surface area contributed by atoms with Gasteiger partial charge in [0, 0.05) is 41.4 Å². The molecule has 16 heteroatoms. The Labute approximate surface area is 341 Å². The molecule has 4 amide bonds. The normalized spacial score (nSPS) is 17.7. The van der Waals surface area contributed by atoms with Crippen LogP contribution in [0.1, 0.15) is 77.1 Å². The van der Waals surface area contributed by atoms with Gasteiger partial charge in [-0.25, -0.2) is 23.9 Å². The Kier molecular flexibility index (Phi) is 12.0. The molecule has 0 saturated carbocycles. The van der Waals surface area contributed by atoms with Crippen molar-refractivity contribution in [2.24, 2.45) is 11.8 Å². The number of ether oxygens (including phenoxy) is 2. The third-order valence-corrected chi connectivity index (χ3v) is 11.3. The fraction of sp³-hybridized carbons (Fsp3) is 0.419. The molecule has 0 bridgehead atoms. The maximum atomic E-state index is 15.8. The van der Waals surface area contributed by atoms with Crippen LogP contribution in [0.25, 0.3) is 44.5 Å². The van der Waals surface area contributed by atoms with Gasteiger partial charge in [0.15, 0.2) is 0 Å². The molecular formula is C43H50FN9O6. The van der Waals surface area contributed by atoms with Gasteiger partial charge in [0.1, 0.15) is 29.5 Å². The minimum absolute atomic E-state index is 0.135. The van der Waals surface area contributed by atoms with Crippen molar-refractivity contribution in [1.29, 1.82) is 0 Å². The fourth-order valence-electron chi connectivity index (χ4n) is 8.04. The van der Waals surface area contributed by atoms with Gasteiger partial charge in [-0.2, -0.15) is 0 Å². The summed E-state index contributed by atoms with van der Waals surface area (Å²) in [7, 11) is 2.54. The van der Waals surface area contributed by atoms with E-state index in [0.717, 1.165) is 35.9 Å². The van der Waals surface area contributed by atoms with Crippen molar-refractivity contribution >= 4 is 34.9 Å². The average molecular weight is 808 g/mol. The third-order valence-electron chi connectivity index (χ3n) is 11.3. The van der Waals surface area contributed by atoms with Gasteiger partial charge in [0.05, 0.1) is 55.6 Å². The van der Waals surface area contributed by atoms with Crippen LogP contribution in [-0.4, -0.2) is 98.1 Å². The molecule has 0 radical (unpaired) electrons. The van der Waals surface area contributed by atoms with E-state index in [4.69, 9.17) is 14.5 Å². The quantitative estimate of drug-likeness (QED) is 0.110. The van der Waals surface area contributed by atoms with Crippen molar-refractivity contribution in [3.8, 4) is 33.6 Å². The molecule has 310 valence electrons. The van der Waals surface area contributed by atoms with Gasteiger partial charge in [0.25, 0.3) is 0 Å². The number of imidazole rings is 2. The van der Waals surface area contributed by atoms with Crippen molar-refractivity contribution in [2.45, 2.75) is 77.5 Å². The molecule has 4 N–H and O–H groups in total. The first kappa shape index (κ1) is 40.9. The van der Waals surface area contributed by atoms with Gasteiger partial charge in [-0.05, 0) is 61.3 Å². The highest BCUT2D eigenvalue weighted by atomic mass is 19.1. The largest absolute Gasteiger partial charge is 0.453 e. The van der Waals surface area contributed by atoms with Gasteiger partial charge < -0.3 is 39.9 Å². The second-order valence-corrected chi connectivity index (χ2v) is 15.8. The SMILES string of the molecule is COC(=O)N[C@H](C(=O)N1CCC[C@H]1c1ncc(-c2ccc(-c3ccc4cc(-c5cnc([C@@H]6CCCN6C(=O)[C@@H](NC(=O)OC)C(C)C)[nH]5)cnc4c3)c(F)c2)[nH]1)C(C)C. The number of amides is 4. The standard InChI is InChI=1S/C43H50FN9O6/c1-23(2)36(50-42(56)58-5)40(54)52-15-7-9-34(52)38-46-21-32(48-38)27-13-14-29(30(44)18-27)25-11-12-26-17-28(20-45-31(26)19-25)33-22-47-39(49-33)35-10-8-16-53(35)41(55)37(24(3)4)51-43(57)59-6/h11-14,17-24,34-37H,7-10,15-16H2,1-6H3,(H,46,48)(H,47,49)(H,50,56)(H,51,57)/t34-,35-,36-,37-/m0/s1. The molecule has 15 nitrogen and oxygen atoms in total. The lowest BCUT2D eigenvalue weighted by molar-refractivity contribution is -0.136. The van der Waals surface area contributed by atoms with E-state index >= 15 is 4.39 Å². The van der Waals surface area contributed by atoms with Crippen molar-refractivity contribution < 1.29 is 33.0 Å². The molecule has 0 aliphatic carbocycles. The summed E-state index contributed by atoms with van der Waals surface area (Å²) in [6.45, 7) is 8.58. The predicted octanol–water partition coefficient (Wildman–Crippen LogP) is 6.91. The molecule has 3 aromatic heterocycles. The first-order valence-corrected chi connectivity index (χ1v) is 20.0. The van der Waals surface area contributed by atoms with E-state index in [0.29, 0.717) is 59.1 Å². The molecular weight excluding hydrogens is 758 g/mol. The number of alkyl carbamates (subject to hydrolysis) is 2. The zero-order chi connectivity index (χ0) is 42.0. The van der Waals surface area contributed by atoms with Crippen molar-refractivity contribution in [2.75, 3.05) is 27.3 Å². The number of likely N-dealkylation sites (tertiary alicyclic amines) is 2. The number of carbonyl (C=O) groups is 4. The second kappa shape index (κ2) is 17.3. The van der Waals surface area contributed by atoms with E-state index in [1.54, 1.807) is 34.5 Å². The fourth-order valence-corrected chi connectivity index (χ4v) is 8.04. The highest BCUT2D eigenvalue weighted by Gasteiger charge is 2.39. The Morgan fingerprint density at radius 1 is 0.695 bits per heavy atom. The number of nitrogens with one attached hydrogen (secondary N) is 4. The molecule has 7 rings (SSSR count). The Morgan fingerprint density at radius 3 is 1.73 bits per heavy atom. The number of pyridine rings is 1. The summed E-state index contributed by atoms with van der Waals surface area (Å²) in [5.41, 5.74) is 4.57. The van der Waals surface area contributed by atoms with E-state index in [1.165, 1.54) is 20.3 Å². The van der Waals surface area contributed by atoms with Crippen LogP contribution in [0.5, 0.6) is 0 Å². The molecule has 2 saturated heterocycles. The maximum Gasteiger partial charge on any atom is 0.407 e.